The summed E-state index contributed by atoms with van der Waals surface area (Å²) in [5.74, 6) is -0.282. The molecule has 0 aliphatic heterocycles. The highest BCUT2D eigenvalue weighted by molar-refractivity contribution is 6.31. The fraction of sp³-hybridized carbons (Fsp3) is 0.571. The topological polar surface area (TPSA) is 29.3 Å². The van der Waals surface area contributed by atoms with E-state index in [0.717, 1.165) is 37.8 Å². The van der Waals surface area contributed by atoms with Gasteiger partial charge >= 0.3 is 0 Å². The van der Waals surface area contributed by atoms with Crippen LogP contribution >= 0.6 is 11.6 Å². The summed E-state index contributed by atoms with van der Waals surface area (Å²) in [5.41, 5.74) is 6.89. The Balaban J connectivity index is 1.96. The van der Waals surface area contributed by atoms with Crippen LogP contribution in [0.25, 0.3) is 0 Å². The molecule has 0 heterocycles. The first-order valence-electron chi connectivity index (χ1n) is 6.46. The molecule has 0 amide bonds. The van der Waals surface area contributed by atoms with E-state index in [0.29, 0.717) is 17.1 Å². The molecule has 0 saturated heterocycles. The number of hydrogen-bond donors (Lipinski definition) is 1. The molecule has 1 aromatic rings. The lowest BCUT2D eigenvalue weighted by atomic mass is 9.91. The molecule has 0 aromatic heterocycles. The number of hydrogen-bond acceptors (Lipinski definition) is 2. The van der Waals surface area contributed by atoms with Crippen molar-refractivity contribution in [1.29, 1.82) is 0 Å². The van der Waals surface area contributed by atoms with Crippen molar-refractivity contribution in [2.24, 2.45) is 5.73 Å². The Bertz CT molecular complexity index is 403. The van der Waals surface area contributed by atoms with E-state index < -0.39 is 0 Å². The minimum absolute atomic E-state index is 0.282. The molecule has 0 bridgehead atoms. The Hall–Kier alpha value is -0.640. The zero-order valence-electron chi connectivity index (χ0n) is 10.7. The van der Waals surface area contributed by atoms with Crippen molar-refractivity contribution in [2.75, 3.05) is 7.05 Å². The molecule has 18 heavy (non-hydrogen) atoms. The van der Waals surface area contributed by atoms with Crippen LogP contribution in [0.15, 0.2) is 18.2 Å². The summed E-state index contributed by atoms with van der Waals surface area (Å²) in [7, 11) is 2.10. The first-order valence-corrected chi connectivity index (χ1v) is 6.84. The second-order valence-electron chi connectivity index (χ2n) is 5.22. The summed E-state index contributed by atoms with van der Waals surface area (Å²) in [6, 6.07) is 5.53. The van der Waals surface area contributed by atoms with Crippen molar-refractivity contribution in [3.05, 3.63) is 34.6 Å². The minimum Gasteiger partial charge on any atom is -0.328 e. The fourth-order valence-electron chi connectivity index (χ4n) is 2.59. The number of nitrogens with two attached hydrogens (primary N) is 1. The van der Waals surface area contributed by atoms with Gasteiger partial charge in [0.15, 0.2) is 0 Å². The average Bonchev–Trinajstić information content (AvgIpc) is 2.33. The van der Waals surface area contributed by atoms with E-state index in [1.54, 1.807) is 6.07 Å². The standard InChI is InChI=1S/C14H20ClFN2/c1-18(13-6-4-12(17)5-7-13)9-10-2-3-11(16)8-14(10)15/h2-3,8,12-13H,4-7,9,17H2,1H3. The molecule has 0 radical (unpaired) electrons. The van der Waals surface area contributed by atoms with Crippen LogP contribution in [-0.2, 0) is 6.54 Å². The molecule has 2 rings (SSSR count). The lowest BCUT2D eigenvalue weighted by Gasteiger charge is -2.33. The van der Waals surface area contributed by atoms with E-state index in [1.807, 2.05) is 0 Å². The summed E-state index contributed by atoms with van der Waals surface area (Å²) in [5, 5.41) is 0.509. The predicted molar refractivity (Wildman–Crippen MR) is 73.1 cm³/mol. The third kappa shape index (κ3) is 3.44. The summed E-state index contributed by atoms with van der Waals surface area (Å²) in [4.78, 5) is 2.30. The van der Waals surface area contributed by atoms with Crippen molar-refractivity contribution in [3.8, 4) is 0 Å². The van der Waals surface area contributed by atoms with Crippen LogP contribution < -0.4 is 5.73 Å². The van der Waals surface area contributed by atoms with Crippen molar-refractivity contribution in [1.82, 2.24) is 4.90 Å². The van der Waals surface area contributed by atoms with Crippen LogP contribution in [0, 0.1) is 5.82 Å². The first kappa shape index (κ1) is 13.8. The third-order valence-corrected chi connectivity index (χ3v) is 4.15. The maximum Gasteiger partial charge on any atom is 0.124 e. The molecule has 2 nitrogen and oxygen atoms in total. The van der Waals surface area contributed by atoms with Gasteiger partial charge in [-0.2, -0.15) is 0 Å². The highest BCUT2D eigenvalue weighted by Gasteiger charge is 2.22. The third-order valence-electron chi connectivity index (χ3n) is 3.80. The smallest absolute Gasteiger partial charge is 0.124 e. The van der Waals surface area contributed by atoms with Gasteiger partial charge in [0.25, 0.3) is 0 Å². The highest BCUT2D eigenvalue weighted by atomic mass is 35.5. The molecule has 1 saturated carbocycles. The lowest BCUT2D eigenvalue weighted by molar-refractivity contribution is 0.176. The molecular formula is C14H20ClFN2. The SMILES string of the molecule is CN(Cc1ccc(F)cc1Cl)C1CCC(N)CC1. The van der Waals surface area contributed by atoms with E-state index in [9.17, 15) is 4.39 Å². The van der Waals surface area contributed by atoms with E-state index in [2.05, 4.69) is 11.9 Å². The van der Waals surface area contributed by atoms with Gasteiger partial charge in [0.1, 0.15) is 5.82 Å². The van der Waals surface area contributed by atoms with Crippen molar-refractivity contribution in [3.63, 3.8) is 0 Å². The normalized spacial score (nSPS) is 24.5. The van der Waals surface area contributed by atoms with Gasteiger partial charge in [-0.3, -0.25) is 4.90 Å². The Morgan fingerprint density at radius 3 is 2.61 bits per heavy atom. The maximum atomic E-state index is 13.0. The molecule has 1 aliphatic carbocycles. The zero-order chi connectivity index (χ0) is 13.1. The summed E-state index contributed by atoms with van der Waals surface area (Å²) < 4.78 is 13.0. The fourth-order valence-corrected chi connectivity index (χ4v) is 2.82. The van der Waals surface area contributed by atoms with Gasteiger partial charge in [-0.1, -0.05) is 17.7 Å². The number of rotatable bonds is 3. The van der Waals surface area contributed by atoms with Gasteiger partial charge in [0.2, 0.25) is 0 Å². The largest absolute Gasteiger partial charge is 0.328 e. The van der Waals surface area contributed by atoms with Gasteiger partial charge in [-0.15, -0.1) is 0 Å². The second-order valence-corrected chi connectivity index (χ2v) is 5.63. The maximum absolute atomic E-state index is 13.0. The molecular weight excluding hydrogens is 251 g/mol. The quantitative estimate of drug-likeness (QED) is 0.914. The molecule has 2 N–H and O–H groups in total. The van der Waals surface area contributed by atoms with E-state index in [-0.39, 0.29) is 5.82 Å². The van der Waals surface area contributed by atoms with Crippen LogP contribution in [0.1, 0.15) is 31.2 Å². The zero-order valence-corrected chi connectivity index (χ0v) is 11.5. The van der Waals surface area contributed by atoms with Crippen molar-refractivity contribution >= 4 is 11.6 Å². The molecule has 1 fully saturated rings. The Morgan fingerprint density at radius 1 is 1.33 bits per heavy atom. The molecule has 0 atom stereocenters. The van der Waals surface area contributed by atoms with Crippen molar-refractivity contribution < 1.29 is 4.39 Å². The average molecular weight is 271 g/mol. The van der Waals surface area contributed by atoms with Gasteiger partial charge in [0.05, 0.1) is 0 Å². The second kappa shape index (κ2) is 6.00. The van der Waals surface area contributed by atoms with Crippen LogP contribution in [0.4, 0.5) is 4.39 Å². The van der Waals surface area contributed by atoms with Gasteiger partial charge in [0, 0.05) is 23.7 Å². The highest BCUT2D eigenvalue weighted by Crippen LogP contribution is 2.24. The van der Waals surface area contributed by atoms with E-state index in [1.165, 1.54) is 12.1 Å². The number of nitrogens with zero attached hydrogens (tertiary/aromatic N) is 1. The molecule has 1 aromatic carbocycles. The predicted octanol–water partition coefficient (Wildman–Crippen LogP) is 3.18. The summed E-state index contributed by atoms with van der Waals surface area (Å²) in [6.45, 7) is 0.763. The summed E-state index contributed by atoms with van der Waals surface area (Å²) >= 11 is 6.05. The van der Waals surface area contributed by atoms with Crippen LogP contribution in [0.5, 0.6) is 0 Å². The molecule has 0 unspecified atom stereocenters. The van der Waals surface area contributed by atoms with Gasteiger partial charge < -0.3 is 5.73 Å². The van der Waals surface area contributed by atoms with E-state index >= 15 is 0 Å². The molecule has 100 valence electrons. The number of benzene rings is 1. The Morgan fingerprint density at radius 2 is 2.00 bits per heavy atom. The van der Waals surface area contributed by atoms with Crippen LogP contribution in [-0.4, -0.2) is 24.0 Å². The van der Waals surface area contributed by atoms with E-state index in [4.69, 9.17) is 17.3 Å². The Kier molecular flexibility index (Phi) is 4.60. The van der Waals surface area contributed by atoms with Crippen LogP contribution in [0.2, 0.25) is 5.02 Å². The van der Waals surface area contributed by atoms with Gasteiger partial charge in [-0.25, -0.2) is 4.39 Å². The molecule has 0 spiro atoms. The Labute approximate surface area is 113 Å². The van der Waals surface area contributed by atoms with Crippen LogP contribution in [0.3, 0.4) is 0 Å². The molecule has 4 heteroatoms. The summed E-state index contributed by atoms with van der Waals surface area (Å²) in [6.07, 6.45) is 4.45. The first-order chi connectivity index (χ1) is 8.56. The minimum atomic E-state index is -0.282. The van der Waals surface area contributed by atoms with Crippen molar-refractivity contribution in [2.45, 2.75) is 44.3 Å². The van der Waals surface area contributed by atoms with Gasteiger partial charge in [-0.05, 0) is 50.4 Å². The monoisotopic (exact) mass is 270 g/mol. The number of halogens is 2. The lowest BCUT2D eigenvalue weighted by Crippen LogP contribution is -2.38. The molecule has 1 aliphatic rings.